The van der Waals surface area contributed by atoms with Crippen molar-refractivity contribution in [1.29, 1.82) is 0 Å². The number of rotatable bonds is 8. The SMILES string of the molecule is COc1ncc(NC(=O)Cc2ccc(-c3cnc(Nc4cnn(C5CC5)c4)nc3)cc2F)cc1C(F)(F)F. The van der Waals surface area contributed by atoms with Crippen LogP contribution in [0.25, 0.3) is 11.1 Å². The van der Waals surface area contributed by atoms with E-state index in [-0.39, 0.29) is 11.3 Å². The van der Waals surface area contributed by atoms with Crippen LogP contribution in [0, 0.1) is 5.82 Å². The van der Waals surface area contributed by atoms with Gasteiger partial charge in [0.1, 0.15) is 11.4 Å². The number of halogens is 4. The Bertz CT molecular complexity index is 1470. The fourth-order valence-corrected chi connectivity index (χ4v) is 3.75. The van der Waals surface area contributed by atoms with Crippen molar-refractivity contribution in [3.63, 3.8) is 0 Å². The molecule has 0 aliphatic heterocycles. The summed E-state index contributed by atoms with van der Waals surface area (Å²) in [5.41, 5.74) is 0.557. The minimum absolute atomic E-state index is 0.0654. The summed E-state index contributed by atoms with van der Waals surface area (Å²) >= 11 is 0. The first-order chi connectivity index (χ1) is 18.2. The Labute approximate surface area is 213 Å². The van der Waals surface area contributed by atoms with Gasteiger partial charge in [-0.15, -0.1) is 0 Å². The lowest BCUT2D eigenvalue weighted by Gasteiger charge is -2.13. The van der Waals surface area contributed by atoms with Crippen molar-refractivity contribution in [3.8, 4) is 17.0 Å². The number of nitrogens with zero attached hydrogens (tertiary/aromatic N) is 5. The van der Waals surface area contributed by atoms with E-state index in [0.717, 1.165) is 31.8 Å². The van der Waals surface area contributed by atoms with Gasteiger partial charge in [0.05, 0.1) is 43.3 Å². The zero-order valence-electron chi connectivity index (χ0n) is 20.0. The van der Waals surface area contributed by atoms with Crippen LogP contribution in [0.2, 0.25) is 0 Å². The Balaban J connectivity index is 1.22. The highest BCUT2D eigenvalue weighted by molar-refractivity contribution is 5.92. The Hall–Kier alpha value is -4.55. The van der Waals surface area contributed by atoms with Gasteiger partial charge in [-0.3, -0.25) is 9.48 Å². The number of methoxy groups -OCH3 is 1. The molecule has 1 saturated carbocycles. The second-order valence-electron chi connectivity index (χ2n) is 8.67. The van der Waals surface area contributed by atoms with Gasteiger partial charge in [0, 0.05) is 24.2 Å². The number of carbonyl (C=O) groups excluding carboxylic acids is 1. The van der Waals surface area contributed by atoms with Crippen LogP contribution in [0.5, 0.6) is 5.88 Å². The number of aromatic nitrogens is 5. The van der Waals surface area contributed by atoms with Crippen LogP contribution in [-0.4, -0.2) is 37.7 Å². The molecule has 3 aromatic heterocycles. The van der Waals surface area contributed by atoms with Crippen LogP contribution in [0.1, 0.15) is 30.0 Å². The minimum atomic E-state index is -4.72. The first kappa shape index (κ1) is 25.1. The summed E-state index contributed by atoms with van der Waals surface area (Å²) in [4.78, 5) is 24.5. The van der Waals surface area contributed by atoms with Crippen LogP contribution in [0.15, 0.2) is 55.2 Å². The topological polar surface area (TPSA) is 107 Å². The van der Waals surface area contributed by atoms with Crippen molar-refractivity contribution in [2.24, 2.45) is 0 Å². The van der Waals surface area contributed by atoms with E-state index >= 15 is 0 Å². The molecule has 0 saturated heterocycles. The van der Waals surface area contributed by atoms with E-state index in [4.69, 9.17) is 0 Å². The standard InChI is InChI=1S/C25H21F4N7O2/c1-38-23-20(25(27,28)29)8-17(11-30-23)34-22(37)7-15-3-2-14(6-21(15)26)16-9-31-24(32-10-16)35-18-12-33-36(13-18)19-4-5-19/h2-3,6,8-13,19H,4-5,7H2,1H3,(H,34,37)(H,31,32,35). The number of carbonyl (C=O) groups is 1. The molecule has 0 unspecified atom stereocenters. The van der Waals surface area contributed by atoms with Gasteiger partial charge in [-0.05, 0) is 36.1 Å². The molecule has 1 fully saturated rings. The first-order valence-corrected chi connectivity index (χ1v) is 11.5. The molecule has 9 nitrogen and oxygen atoms in total. The molecule has 1 aliphatic rings. The van der Waals surface area contributed by atoms with Gasteiger partial charge in [0.15, 0.2) is 0 Å². The molecule has 13 heteroatoms. The maximum Gasteiger partial charge on any atom is 0.421 e. The van der Waals surface area contributed by atoms with Crippen LogP contribution >= 0.6 is 0 Å². The lowest BCUT2D eigenvalue weighted by Crippen LogP contribution is -2.17. The predicted molar refractivity (Wildman–Crippen MR) is 129 cm³/mol. The number of hydrogen-bond donors (Lipinski definition) is 2. The minimum Gasteiger partial charge on any atom is -0.481 e. The van der Waals surface area contributed by atoms with Crippen molar-refractivity contribution < 1.29 is 27.1 Å². The number of anilines is 3. The van der Waals surface area contributed by atoms with E-state index in [9.17, 15) is 22.4 Å². The summed E-state index contributed by atoms with van der Waals surface area (Å²) in [7, 11) is 1.06. The average Bonchev–Trinajstić information content (AvgIpc) is 3.64. The third-order valence-electron chi connectivity index (χ3n) is 5.80. The van der Waals surface area contributed by atoms with Gasteiger partial charge >= 0.3 is 6.18 Å². The van der Waals surface area contributed by atoms with Gasteiger partial charge in [-0.1, -0.05) is 12.1 Å². The van der Waals surface area contributed by atoms with E-state index in [1.165, 1.54) is 24.5 Å². The van der Waals surface area contributed by atoms with E-state index in [1.807, 2.05) is 10.9 Å². The molecule has 0 bridgehead atoms. The zero-order chi connectivity index (χ0) is 26.9. The Morgan fingerprint density at radius 2 is 1.82 bits per heavy atom. The lowest BCUT2D eigenvalue weighted by atomic mass is 10.0. The van der Waals surface area contributed by atoms with Gasteiger partial charge in [0.2, 0.25) is 17.7 Å². The largest absolute Gasteiger partial charge is 0.481 e. The van der Waals surface area contributed by atoms with E-state index in [0.29, 0.717) is 29.2 Å². The number of hydrogen-bond acceptors (Lipinski definition) is 7. The van der Waals surface area contributed by atoms with Gasteiger partial charge < -0.3 is 15.4 Å². The Morgan fingerprint density at radius 1 is 1.05 bits per heavy atom. The molecule has 1 aromatic carbocycles. The van der Waals surface area contributed by atoms with Crippen LogP contribution < -0.4 is 15.4 Å². The monoisotopic (exact) mass is 527 g/mol. The smallest absolute Gasteiger partial charge is 0.421 e. The van der Waals surface area contributed by atoms with Crippen LogP contribution in [-0.2, 0) is 17.4 Å². The van der Waals surface area contributed by atoms with E-state index < -0.39 is 35.8 Å². The van der Waals surface area contributed by atoms with Crippen molar-refractivity contribution in [3.05, 3.63) is 72.2 Å². The highest BCUT2D eigenvalue weighted by atomic mass is 19.4. The lowest BCUT2D eigenvalue weighted by molar-refractivity contribution is -0.139. The summed E-state index contributed by atoms with van der Waals surface area (Å²) in [6.07, 6.45) is 4.81. The quantitative estimate of drug-likeness (QED) is 0.305. The van der Waals surface area contributed by atoms with Crippen molar-refractivity contribution >= 4 is 23.2 Å². The molecule has 0 atom stereocenters. The van der Waals surface area contributed by atoms with E-state index in [2.05, 4.69) is 35.4 Å². The summed E-state index contributed by atoms with van der Waals surface area (Å²) in [5, 5.41) is 9.67. The summed E-state index contributed by atoms with van der Waals surface area (Å²) in [6.45, 7) is 0. The van der Waals surface area contributed by atoms with E-state index in [1.54, 1.807) is 12.3 Å². The molecule has 196 valence electrons. The number of amides is 1. The fourth-order valence-electron chi connectivity index (χ4n) is 3.75. The molecular weight excluding hydrogens is 506 g/mol. The highest BCUT2D eigenvalue weighted by Gasteiger charge is 2.35. The maximum atomic E-state index is 14.8. The number of nitrogens with one attached hydrogen (secondary N) is 2. The third-order valence-corrected chi connectivity index (χ3v) is 5.80. The van der Waals surface area contributed by atoms with Crippen LogP contribution in [0.4, 0.5) is 34.9 Å². The first-order valence-electron chi connectivity index (χ1n) is 11.5. The number of ether oxygens (including phenoxy) is 1. The van der Waals surface area contributed by atoms with Crippen molar-refractivity contribution in [2.75, 3.05) is 17.7 Å². The predicted octanol–water partition coefficient (Wildman–Crippen LogP) is 5.16. The molecule has 2 N–H and O–H groups in total. The van der Waals surface area contributed by atoms with Crippen LogP contribution in [0.3, 0.4) is 0 Å². The third kappa shape index (κ3) is 5.71. The normalized spacial score (nSPS) is 13.3. The van der Waals surface area contributed by atoms with Gasteiger partial charge in [-0.25, -0.2) is 19.3 Å². The summed E-state index contributed by atoms with van der Waals surface area (Å²) < 4.78 is 60.8. The summed E-state index contributed by atoms with van der Waals surface area (Å²) in [6, 6.07) is 5.44. The molecule has 1 amide bonds. The Kier molecular flexibility index (Phi) is 6.66. The maximum absolute atomic E-state index is 14.8. The highest BCUT2D eigenvalue weighted by Crippen LogP contribution is 2.36. The molecule has 0 spiro atoms. The summed E-state index contributed by atoms with van der Waals surface area (Å²) in [5.74, 6) is -1.62. The number of pyridine rings is 1. The number of alkyl halides is 3. The number of benzene rings is 1. The fraction of sp³-hybridized carbons (Fsp3) is 0.240. The average molecular weight is 527 g/mol. The zero-order valence-corrected chi connectivity index (χ0v) is 20.0. The molecule has 38 heavy (non-hydrogen) atoms. The van der Waals surface area contributed by atoms with Crippen molar-refractivity contribution in [1.82, 2.24) is 24.7 Å². The van der Waals surface area contributed by atoms with Gasteiger partial charge in [0.25, 0.3) is 0 Å². The Morgan fingerprint density at radius 3 is 2.47 bits per heavy atom. The second kappa shape index (κ2) is 10.1. The van der Waals surface area contributed by atoms with Gasteiger partial charge in [-0.2, -0.15) is 18.3 Å². The molecule has 4 aromatic rings. The molecule has 1 aliphatic carbocycles. The molecule has 3 heterocycles. The second-order valence-corrected chi connectivity index (χ2v) is 8.67. The molecule has 5 rings (SSSR count). The van der Waals surface area contributed by atoms with Crippen molar-refractivity contribution in [2.45, 2.75) is 31.5 Å². The molecule has 0 radical (unpaired) electrons. The molecular formula is C25H21F4N7O2.